The van der Waals surface area contributed by atoms with Gasteiger partial charge in [0, 0.05) is 18.8 Å². The van der Waals surface area contributed by atoms with Gasteiger partial charge in [0.05, 0.1) is 0 Å². The summed E-state index contributed by atoms with van der Waals surface area (Å²) in [6.07, 6.45) is 3.68. The van der Waals surface area contributed by atoms with Gasteiger partial charge in [-0.15, -0.1) is 0 Å². The van der Waals surface area contributed by atoms with E-state index in [9.17, 15) is 0 Å². The van der Waals surface area contributed by atoms with Gasteiger partial charge in [-0.1, -0.05) is 25.1 Å². The molecule has 1 unspecified atom stereocenters. The molecule has 96 valence electrons. The predicted molar refractivity (Wildman–Crippen MR) is 76.4 cm³/mol. The molecule has 1 aromatic rings. The Bertz CT molecular complexity index is 284. The Labute approximate surface area is 106 Å². The molecule has 0 saturated carbocycles. The lowest BCUT2D eigenvalue weighted by Gasteiger charge is -2.23. The zero-order chi connectivity index (χ0) is 12.5. The molecular weight excluding hydrogens is 208 g/mol. The fourth-order valence-corrected chi connectivity index (χ4v) is 2.17. The lowest BCUT2D eigenvalue weighted by molar-refractivity contribution is 0.480. The van der Waals surface area contributed by atoms with Gasteiger partial charge in [-0.05, 0) is 50.8 Å². The van der Waals surface area contributed by atoms with Gasteiger partial charge in [-0.2, -0.15) is 0 Å². The fourth-order valence-electron chi connectivity index (χ4n) is 2.17. The smallest absolute Gasteiger partial charge is 0.0366 e. The van der Waals surface area contributed by atoms with Crippen molar-refractivity contribution in [3.8, 4) is 0 Å². The maximum Gasteiger partial charge on any atom is 0.0366 e. The van der Waals surface area contributed by atoms with Crippen molar-refractivity contribution in [3.05, 3.63) is 30.3 Å². The summed E-state index contributed by atoms with van der Waals surface area (Å²) in [5.41, 5.74) is 6.90. The van der Waals surface area contributed by atoms with Crippen molar-refractivity contribution >= 4 is 5.69 Å². The van der Waals surface area contributed by atoms with Crippen molar-refractivity contribution in [1.82, 2.24) is 0 Å². The Morgan fingerprint density at radius 2 is 1.88 bits per heavy atom. The molecule has 0 aliphatic carbocycles. The maximum atomic E-state index is 5.57. The van der Waals surface area contributed by atoms with Crippen LogP contribution in [0.1, 0.15) is 33.1 Å². The molecular formula is C15H26N2. The van der Waals surface area contributed by atoms with E-state index in [-0.39, 0.29) is 0 Å². The molecule has 17 heavy (non-hydrogen) atoms. The number of benzene rings is 1. The van der Waals surface area contributed by atoms with Crippen LogP contribution in [0.15, 0.2) is 30.3 Å². The lowest BCUT2D eigenvalue weighted by atomic mass is 10.0. The van der Waals surface area contributed by atoms with E-state index in [1.165, 1.54) is 18.5 Å². The molecule has 0 aromatic heterocycles. The second-order valence-electron chi connectivity index (χ2n) is 4.74. The molecule has 0 fully saturated rings. The normalized spacial score (nSPS) is 12.4. The standard InChI is InChI=1S/C15H26N2/c1-3-17(15-9-5-4-6-10-15)13-7-8-14(2)11-12-16/h4-6,9-10,14H,3,7-8,11-13,16H2,1-2H3. The van der Waals surface area contributed by atoms with Gasteiger partial charge in [0.25, 0.3) is 0 Å². The van der Waals surface area contributed by atoms with Crippen LogP contribution in [-0.2, 0) is 0 Å². The van der Waals surface area contributed by atoms with Crippen molar-refractivity contribution < 1.29 is 0 Å². The maximum absolute atomic E-state index is 5.57. The van der Waals surface area contributed by atoms with Crippen LogP contribution in [0.5, 0.6) is 0 Å². The Kier molecular flexibility index (Phi) is 6.71. The summed E-state index contributed by atoms with van der Waals surface area (Å²) in [7, 11) is 0. The van der Waals surface area contributed by atoms with Crippen molar-refractivity contribution in [1.29, 1.82) is 0 Å². The summed E-state index contributed by atoms with van der Waals surface area (Å²) in [5, 5.41) is 0. The molecule has 0 spiro atoms. The quantitative estimate of drug-likeness (QED) is 0.748. The third-order valence-corrected chi connectivity index (χ3v) is 3.29. The Balaban J connectivity index is 2.33. The van der Waals surface area contributed by atoms with Crippen LogP contribution in [-0.4, -0.2) is 19.6 Å². The molecule has 2 nitrogen and oxygen atoms in total. The van der Waals surface area contributed by atoms with E-state index in [0.29, 0.717) is 0 Å². The number of nitrogens with two attached hydrogens (primary N) is 1. The minimum Gasteiger partial charge on any atom is -0.372 e. The van der Waals surface area contributed by atoms with Gasteiger partial charge in [0.2, 0.25) is 0 Å². The Morgan fingerprint density at radius 1 is 1.18 bits per heavy atom. The zero-order valence-electron chi connectivity index (χ0n) is 11.2. The number of hydrogen-bond acceptors (Lipinski definition) is 2. The highest BCUT2D eigenvalue weighted by molar-refractivity contribution is 5.45. The van der Waals surface area contributed by atoms with Crippen LogP contribution in [0, 0.1) is 5.92 Å². The van der Waals surface area contributed by atoms with E-state index < -0.39 is 0 Å². The molecule has 0 radical (unpaired) electrons. The van der Waals surface area contributed by atoms with E-state index in [0.717, 1.165) is 32.0 Å². The highest BCUT2D eigenvalue weighted by Crippen LogP contribution is 2.15. The van der Waals surface area contributed by atoms with Gasteiger partial charge in [-0.25, -0.2) is 0 Å². The average molecular weight is 234 g/mol. The number of nitrogens with zero attached hydrogens (tertiary/aromatic N) is 1. The number of anilines is 1. The highest BCUT2D eigenvalue weighted by Gasteiger charge is 2.05. The van der Waals surface area contributed by atoms with Crippen LogP contribution in [0.25, 0.3) is 0 Å². The first-order chi connectivity index (χ1) is 8.27. The van der Waals surface area contributed by atoms with Crippen LogP contribution in [0.3, 0.4) is 0 Å². The molecule has 2 heteroatoms. The highest BCUT2D eigenvalue weighted by atomic mass is 15.1. The van der Waals surface area contributed by atoms with Gasteiger partial charge >= 0.3 is 0 Å². The van der Waals surface area contributed by atoms with E-state index in [4.69, 9.17) is 5.73 Å². The SMILES string of the molecule is CCN(CCCC(C)CCN)c1ccccc1. The van der Waals surface area contributed by atoms with Crippen LogP contribution < -0.4 is 10.6 Å². The van der Waals surface area contributed by atoms with Crippen LogP contribution >= 0.6 is 0 Å². The minimum atomic E-state index is 0.759. The number of para-hydroxylation sites is 1. The predicted octanol–water partition coefficient (Wildman–Crippen LogP) is 3.28. The average Bonchev–Trinajstić information content (AvgIpc) is 2.36. The summed E-state index contributed by atoms with van der Waals surface area (Å²) in [5.74, 6) is 0.759. The van der Waals surface area contributed by atoms with E-state index in [1.54, 1.807) is 0 Å². The lowest BCUT2D eigenvalue weighted by Crippen LogP contribution is -2.24. The Hall–Kier alpha value is -1.02. The molecule has 1 rings (SSSR count). The molecule has 0 aliphatic rings. The topological polar surface area (TPSA) is 29.3 Å². The molecule has 0 saturated heterocycles. The monoisotopic (exact) mass is 234 g/mol. The third-order valence-electron chi connectivity index (χ3n) is 3.29. The third kappa shape index (κ3) is 5.22. The molecule has 0 heterocycles. The second kappa shape index (κ2) is 8.13. The molecule has 0 bridgehead atoms. The van der Waals surface area contributed by atoms with Crippen molar-refractivity contribution in [2.45, 2.75) is 33.1 Å². The molecule has 1 atom stereocenters. The van der Waals surface area contributed by atoms with Crippen molar-refractivity contribution in [2.75, 3.05) is 24.5 Å². The van der Waals surface area contributed by atoms with Gasteiger partial charge in [0.15, 0.2) is 0 Å². The first kappa shape index (κ1) is 14.0. The van der Waals surface area contributed by atoms with Gasteiger partial charge in [-0.3, -0.25) is 0 Å². The van der Waals surface area contributed by atoms with E-state index >= 15 is 0 Å². The van der Waals surface area contributed by atoms with Crippen molar-refractivity contribution in [2.24, 2.45) is 11.7 Å². The van der Waals surface area contributed by atoms with Crippen LogP contribution in [0.2, 0.25) is 0 Å². The van der Waals surface area contributed by atoms with Gasteiger partial charge < -0.3 is 10.6 Å². The second-order valence-corrected chi connectivity index (χ2v) is 4.74. The first-order valence-corrected chi connectivity index (χ1v) is 6.78. The zero-order valence-corrected chi connectivity index (χ0v) is 11.2. The fraction of sp³-hybridized carbons (Fsp3) is 0.600. The summed E-state index contributed by atoms with van der Waals surface area (Å²) in [4.78, 5) is 2.44. The Morgan fingerprint density at radius 3 is 2.47 bits per heavy atom. The summed E-state index contributed by atoms with van der Waals surface area (Å²) < 4.78 is 0. The van der Waals surface area contributed by atoms with Crippen LogP contribution in [0.4, 0.5) is 5.69 Å². The molecule has 0 aliphatic heterocycles. The summed E-state index contributed by atoms with van der Waals surface area (Å²) >= 11 is 0. The molecule has 1 aromatic carbocycles. The molecule has 0 amide bonds. The number of hydrogen-bond donors (Lipinski definition) is 1. The van der Waals surface area contributed by atoms with E-state index in [1.807, 2.05) is 0 Å². The number of rotatable bonds is 8. The van der Waals surface area contributed by atoms with Gasteiger partial charge in [0.1, 0.15) is 0 Å². The first-order valence-electron chi connectivity index (χ1n) is 6.78. The van der Waals surface area contributed by atoms with E-state index in [2.05, 4.69) is 49.1 Å². The summed E-state index contributed by atoms with van der Waals surface area (Å²) in [6.45, 7) is 7.56. The molecule has 2 N–H and O–H groups in total. The van der Waals surface area contributed by atoms with Crippen molar-refractivity contribution in [3.63, 3.8) is 0 Å². The largest absolute Gasteiger partial charge is 0.372 e. The minimum absolute atomic E-state index is 0.759. The summed E-state index contributed by atoms with van der Waals surface area (Å²) in [6, 6.07) is 10.7.